The van der Waals surface area contributed by atoms with E-state index in [1.54, 1.807) is 0 Å². The summed E-state index contributed by atoms with van der Waals surface area (Å²) in [6.45, 7) is 0. The van der Waals surface area contributed by atoms with Crippen LogP contribution in [0.15, 0.2) is 72.8 Å². The number of hydrogen-bond donors (Lipinski definition) is 0. The van der Waals surface area contributed by atoms with Crippen molar-refractivity contribution >= 4 is 62.3 Å². The van der Waals surface area contributed by atoms with Gasteiger partial charge in [-0.2, -0.15) is 0 Å². The van der Waals surface area contributed by atoms with Crippen LogP contribution in [0.2, 0.25) is 15.1 Å². The Kier molecular flexibility index (Phi) is 6.88. The van der Waals surface area contributed by atoms with Gasteiger partial charge >= 0.3 is 150 Å². The van der Waals surface area contributed by atoms with E-state index in [-0.39, 0.29) is 12.4 Å². The molecule has 0 aliphatic carbocycles. The molecule has 0 saturated heterocycles. The molecule has 0 N–H and O–H groups in total. The fraction of sp³-hybridized carbons (Fsp3) is 0. The van der Waals surface area contributed by atoms with Crippen molar-refractivity contribution in [1.82, 2.24) is 0 Å². The van der Waals surface area contributed by atoms with E-state index in [2.05, 4.69) is 36.4 Å². The number of benzene rings is 3. The Hall–Kier alpha value is -0.637. The summed E-state index contributed by atoms with van der Waals surface area (Å²) in [4.78, 5) is 0. The molecule has 0 unspecified atom stereocenters. The van der Waals surface area contributed by atoms with E-state index in [1.165, 1.54) is 13.2 Å². The Bertz CT molecular complexity index is 644. The van der Waals surface area contributed by atoms with Crippen LogP contribution in [0.25, 0.3) is 0 Å². The first-order chi connectivity index (χ1) is 10.6. The van der Waals surface area contributed by atoms with Gasteiger partial charge in [-0.3, -0.25) is 0 Å². The van der Waals surface area contributed by atoms with Crippen LogP contribution >= 0.6 is 34.8 Å². The molecule has 0 radical (unpaired) electrons. The van der Waals surface area contributed by atoms with Crippen LogP contribution in [0.3, 0.4) is 0 Å². The summed E-state index contributed by atoms with van der Waals surface area (Å²) in [5, 5.41) is 2.27. The molecule has 0 bridgehead atoms. The maximum Gasteiger partial charge on any atom is -1.00 e. The van der Waals surface area contributed by atoms with Crippen molar-refractivity contribution in [3.05, 3.63) is 87.9 Å². The summed E-state index contributed by atoms with van der Waals surface area (Å²) in [6, 6.07) is 24.5. The van der Waals surface area contributed by atoms with Gasteiger partial charge in [-0.05, 0) is 0 Å². The van der Waals surface area contributed by atoms with Gasteiger partial charge in [0.05, 0.1) is 0 Å². The zero-order chi connectivity index (χ0) is 15.5. The fourth-order valence-corrected chi connectivity index (χ4v) is 7.97. The molecule has 0 atom stereocenters. The minimum Gasteiger partial charge on any atom is -1.00 e. The molecule has 0 heterocycles. The van der Waals surface area contributed by atoms with E-state index in [0.29, 0.717) is 0 Å². The largest absolute Gasteiger partial charge is 1.00 e. The first-order valence-electron chi connectivity index (χ1n) is 6.78. The van der Waals surface area contributed by atoms with Crippen molar-refractivity contribution in [3.8, 4) is 0 Å². The molecule has 0 aromatic heterocycles. The summed E-state index contributed by atoms with van der Waals surface area (Å²) in [6.07, 6.45) is 0. The zero-order valence-electron chi connectivity index (χ0n) is 11.9. The maximum absolute atomic E-state index is 6.03. The molecule has 0 amide bonds. The van der Waals surface area contributed by atoms with Crippen LogP contribution in [0.1, 0.15) is 0 Å². The van der Waals surface area contributed by atoms with Crippen LogP contribution in [0.4, 0.5) is 0 Å². The quantitative estimate of drug-likeness (QED) is 0.534. The van der Waals surface area contributed by atoms with E-state index >= 15 is 0 Å². The third kappa shape index (κ3) is 4.68. The van der Waals surface area contributed by atoms with Gasteiger partial charge < -0.3 is 12.4 Å². The molecule has 5 heteroatoms. The Morgan fingerprint density at radius 1 is 0.435 bits per heavy atom. The molecule has 0 spiro atoms. The molecule has 0 fully saturated rings. The smallest absolute Gasteiger partial charge is 1.00 e. The Labute approximate surface area is 161 Å². The third-order valence-electron chi connectivity index (χ3n) is 3.40. The van der Waals surface area contributed by atoms with Crippen molar-refractivity contribution in [3.63, 3.8) is 0 Å². The van der Waals surface area contributed by atoms with Gasteiger partial charge in [0, 0.05) is 0 Å². The molecular weight excluding hydrogens is 431 g/mol. The van der Waals surface area contributed by atoms with Crippen molar-refractivity contribution in [1.29, 1.82) is 0 Å². The normalized spacial score (nSPS) is 10.0. The standard InChI is InChI=1S/C18H12Cl3Ge.ClH/c19-13-1-7-16(8-2-13)22(17-9-3-14(20)4-10-17)18-11-5-15(21)6-12-18;/h1-12H;1H/q+1;/p-1. The summed E-state index contributed by atoms with van der Waals surface area (Å²) in [5.74, 6) is 0. The van der Waals surface area contributed by atoms with E-state index in [0.717, 1.165) is 15.1 Å². The van der Waals surface area contributed by atoms with Gasteiger partial charge in [0.15, 0.2) is 0 Å². The summed E-state index contributed by atoms with van der Waals surface area (Å²) >= 11 is 16.2. The molecule has 3 rings (SSSR count). The SMILES string of the molecule is Clc1cc[c]([Ge+]([c]2ccc(Cl)cc2)[c]2ccc(Cl)cc2)cc1.[Cl-]. The van der Waals surface area contributed by atoms with Crippen LogP contribution in [0.5, 0.6) is 0 Å². The fourth-order valence-electron chi connectivity index (χ4n) is 2.35. The van der Waals surface area contributed by atoms with Crippen LogP contribution < -0.4 is 25.6 Å². The van der Waals surface area contributed by atoms with Crippen LogP contribution in [0, 0.1) is 0 Å². The average Bonchev–Trinajstić information content (AvgIpc) is 2.53. The van der Waals surface area contributed by atoms with Crippen LogP contribution in [-0.2, 0) is 0 Å². The average molecular weight is 443 g/mol. The maximum atomic E-state index is 6.03. The van der Waals surface area contributed by atoms with Crippen molar-refractivity contribution < 1.29 is 12.4 Å². The minimum atomic E-state index is -1.88. The van der Waals surface area contributed by atoms with Crippen molar-refractivity contribution in [2.24, 2.45) is 0 Å². The second-order valence-electron chi connectivity index (χ2n) is 4.90. The van der Waals surface area contributed by atoms with E-state index in [4.69, 9.17) is 34.8 Å². The van der Waals surface area contributed by atoms with Gasteiger partial charge in [0.25, 0.3) is 0 Å². The molecule has 0 saturated carbocycles. The van der Waals surface area contributed by atoms with Gasteiger partial charge in [-0.25, -0.2) is 0 Å². The predicted octanol–water partition coefficient (Wildman–Crippen LogP) is 1.17. The number of halogens is 4. The summed E-state index contributed by atoms with van der Waals surface area (Å²) < 4.78 is 4.03. The predicted molar refractivity (Wildman–Crippen MR) is 99.0 cm³/mol. The third-order valence-corrected chi connectivity index (χ3v) is 9.89. The van der Waals surface area contributed by atoms with E-state index in [9.17, 15) is 0 Å². The molecule has 3 aromatic carbocycles. The molecule has 23 heavy (non-hydrogen) atoms. The first-order valence-corrected chi connectivity index (χ1v) is 11.1. The minimum absolute atomic E-state index is 0. The second-order valence-corrected chi connectivity index (χ2v) is 11.4. The Morgan fingerprint density at radius 2 is 0.652 bits per heavy atom. The monoisotopic (exact) mass is 442 g/mol. The van der Waals surface area contributed by atoms with Gasteiger partial charge in [-0.15, -0.1) is 0 Å². The molecule has 0 nitrogen and oxygen atoms in total. The molecule has 0 aliphatic heterocycles. The Balaban J connectivity index is 0.00000192. The molecule has 3 aromatic rings. The number of hydrogen-bond acceptors (Lipinski definition) is 0. The summed E-state index contributed by atoms with van der Waals surface area (Å²) in [5.41, 5.74) is 0. The first kappa shape index (κ1) is 18.7. The topological polar surface area (TPSA) is 0 Å². The molecule has 0 aliphatic rings. The zero-order valence-corrected chi connectivity index (χ0v) is 17.1. The van der Waals surface area contributed by atoms with Gasteiger partial charge in [0.1, 0.15) is 0 Å². The van der Waals surface area contributed by atoms with Crippen molar-refractivity contribution in [2.45, 2.75) is 0 Å². The second kappa shape index (κ2) is 8.46. The molecule has 116 valence electrons. The number of rotatable bonds is 3. The van der Waals surface area contributed by atoms with Crippen molar-refractivity contribution in [2.75, 3.05) is 0 Å². The van der Waals surface area contributed by atoms with Crippen LogP contribution in [-0.4, -0.2) is 14.3 Å². The summed E-state index contributed by atoms with van der Waals surface area (Å²) in [7, 11) is 0. The van der Waals surface area contributed by atoms with Gasteiger partial charge in [0.2, 0.25) is 0 Å². The van der Waals surface area contributed by atoms with E-state index in [1.807, 2.05) is 36.4 Å². The van der Waals surface area contributed by atoms with E-state index < -0.39 is 14.3 Å². The Morgan fingerprint density at radius 3 is 0.870 bits per heavy atom. The molecular formula is C18H12Cl4Ge. The van der Waals surface area contributed by atoms with Gasteiger partial charge in [-0.1, -0.05) is 0 Å².